The fourth-order valence-electron chi connectivity index (χ4n) is 2.40. The van der Waals surface area contributed by atoms with Crippen LogP contribution in [0, 0.1) is 0 Å². The van der Waals surface area contributed by atoms with Gasteiger partial charge in [0.1, 0.15) is 5.82 Å². The molecule has 0 radical (unpaired) electrons. The van der Waals surface area contributed by atoms with E-state index in [1.165, 1.54) is 0 Å². The summed E-state index contributed by atoms with van der Waals surface area (Å²) in [5.74, 6) is 0.761. The van der Waals surface area contributed by atoms with E-state index >= 15 is 0 Å². The second kappa shape index (κ2) is 6.02. The van der Waals surface area contributed by atoms with E-state index in [1.807, 2.05) is 24.0 Å². The summed E-state index contributed by atoms with van der Waals surface area (Å²) in [5, 5.41) is 3.15. The third kappa shape index (κ3) is 3.04. The number of likely N-dealkylation sites (tertiary alicyclic amines) is 1. The van der Waals surface area contributed by atoms with Crippen molar-refractivity contribution in [3.63, 3.8) is 0 Å². The van der Waals surface area contributed by atoms with Crippen LogP contribution in [0.5, 0.6) is 0 Å². The van der Waals surface area contributed by atoms with Crippen LogP contribution in [0.1, 0.15) is 23.7 Å². The summed E-state index contributed by atoms with van der Waals surface area (Å²) in [6.07, 6.45) is 2.75. The van der Waals surface area contributed by atoms with Crippen LogP contribution in [-0.2, 0) is 0 Å². The summed E-state index contributed by atoms with van der Waals surface area (Å²) in [6, 6.07) is 4.12. The van der Waals surface area contributed by atoms with Crippen molar-refractivity contribution in [2.45, 2.75) is 19.4 Å². The van der Waals surface area contributed by atoms with E-state index in [0.29, 0.717) is 17.4 Å². The zero-order valence-corrected chi connectivity index (χ0v) is 11.9. The quantitative estimate of drug-likeness (QED) is 0.888. The Kier molecular flexibility index (Phi) is 4.37. The Balaban J connectivity index is 2.12. The molecule has 1 aliphatic rings. The number of anilines is 1. The molecule has 1 atom stereocenters. The molecule has 0 saturated carbocycles. The van der Waals surface area contributed by atoms with Crippen molar-refractivity contribution in [2.75, 3.05) is 39.0 Å². The molecule has 1 aromatic rings. The number of pyridine rings is 1. The van der Waals surface area contributed by atoms with Crippen molar-refractivity contribution in [1.82, 2.24) is 14.8 Å². The second-order valence-corrected chi connectivity index (χ2v) is 5.09. The highest BCUT2D eigenvalue weighted by atomic mass is 16.2. The number of hydrogen-bond acceptors (Lipinski definition) is 4. The molecule has 2 rings (SSSR count). The molecule has 5 nitrogen and oxygen atoms in total. The van der Waals surface area contributed by atoms with Crippen LogP contribution in [0.15, 0.2) is 18.3 Å². The van der Waals surface area contributed by atoms with Gasteiger partial charge in [-0.3, -0.25) is 4.79 Å². The third-order valence-electron chi connectivity index (χ3n) is 3.56. The average Bonchev–Trinajstić information content (AvgIpc) is 2.89. The Morgan fingerprint density at radius 3 is 3.00 bits per heavy atom. The van der Waals surface area contributed by atoms with Gasteiger partial charge in [-0.15, -0.1) is 0 Å². The number of nitrogens with one attached hydrogen (secondary N) is 1. The maximum Gasteiger partial charge on any atom is 0.257 e. The molecule has 1 unspecified atom stereocenters. The molecule has 2 heterocycles. The van der Waals surface area contributed by atoms with Crippen molar-refractivity contribution in [3.05, 3.63) is 23.9 Å². The molecule has 1 fully saturated rings. The van der Waals surface area contributed by atoms with Crippen molar-refractivity contribution < 1.29 is 4.79 Å². The van der Waals surface area contributed by atoms with Crippen LogP contribution in [0.4, 0.5) is 5.82 Å². The van der Waals surface area contributed by atoms with Gasteiger partial charge in [0.2, 0.25) is 0 Å². The zero-order valence-electron chi connectivity index (χ0n) is 11.9. The molecule has 0 spiro atoms. The number of hydrogen-bond donors (Lipinski definition) is 1. The number of rotatable bonds is 4. The SMILES string of the molecule is CCNc1ncccc1C(=O)N1CCC(N(C)C)C1. The maximum absolute atomic E-state index is 12.5. The van der Waals surface area contributed by atoms with E-state index in [-0.39, 0.29) is 5.91 Å². The normalized spacial score (nSPS) is 18.9. The Bertz CT molecular complexity index is 447. The summed E-state index contributed by atoms with van der Waals surface area (Å²) in [5.41, 5.74) is 0.670. The summed E-state index contributed by atoms with van der Waals surface area (Å²) in [7, 11) is 4.12. The van der Waals surface area contributed by atoms with Gasteiger partial charge in [-0.05, 0) is 39.6 Å². The summed E-state index contributed by atoms with van der Waals surface area (Å²) in [6.45, 7) is 4.38. The van der Waals surface area contributed by atoms with Crippen LogP contribution in [-0.4, -0.2) is 60.5 Å². The highest BCUT2D eigenvalue weighted by Crippen LogP contribution is 2.19. The smallest absolute Gasteiger partial charge is 0.257 e. The van der Waals surface area contributed by atoms with E-state index in [0.717, 1.165) is 26.1 Å². The Labute approximate surface area is 114 Å². The first-order chi connectivity index (χ1) is 9.13. The topological polar surface area (TPSA) is 48.5 Å². The van der Waals surface area contributed by atoms with E-state index in [2.05, 4.69) is 29.3 Å². The number of nitrogens with zero attached hydrogens (tertiary/aromatic N) is 3. The van der Waals surface area contributed by atoms with Gasteiger partial charge in [0, 0.05) is 31.9 Å². The molecule has 1 aromatic heterocycles. The first kappa shape index (κ1) is 13.8. The second-order valence-electron chi connectivity index (χ2n) is 5.09. The third-order valence-corrected chi connectivity index (χ3v) is 3.56. The van der Waals surface area contributed by atoms with Crippen LogP contribution in [0.2, 0.25) is 0 Å². The molecule has 5 heteroatoms. The standard InChI is InChI=1S/C14H22N4O/c1-4-15-13-12(6-5-8-16-13)14(19)18-9-7-11(10-18)17(2)3/h5-6,8,11H,4,7,9-10H2,1-3H3,(H,15,16). The minimum absolute atomic E-state index is 0.0772. The van der Waals surface area contributed by atoms with Gasteiger partial charge in [-0.2, -0.15) is 0 Å². The van der Waals surface area contributed by atoms with Crippen molar-refractivity contribution >= 4 is 11.7 Å². The average molecular weight is 262 g/mol. The summed E-state index contributed by atoms with van der Waals surface area (Å²) >= 11 is 0. The lowest BCUT2D eigenvalue weighted by Gasteiger charge is -2.21. The molecule has 1 aliphatic heterocycles. The lowest BCUT2D eigenvalue weighted by atomic mass is 10.2. The van der Waals surface area contributed by atoms with Gasteiger partial charge in [-0.1, -0.05) is 0 Å². The van der Waals surface area contributed by atoms with Gasteiger partial charge >= 0.3 is 0 Å². The predicted molar refractivity (Wildman–Crippen MR) is 76.4 cm³/mol. The monoisotopic (exact) mass is 262 g/mol. The van der Waals surface area contributed by atoms with Gasteiger partial charge < -0.3 is 15.1 Å². The Morgan fingerprint density at radius 2 is 2.37 bits per heavy atom. The lowest BCUT2D eigenvalue weighted by Crippen LogP contribution is -2.34. The summed E-state index contributed by atoms with van der Waals surface area (Å²) in [4.78, 5) is 20.9. The number of likely N-dealkylation sites (N-methyl/N-ethyl adjacent to an activating group) is 1. The molecular weight excluding hydrogens is 240 g/mol. The van der Waals surface area contributed by atoms with Crippen LogP contribution in [0.3, 0.4) is 0 Å². The first-order valence-corrected chi connectivity index (χ1v) is 6.78. The van der Waals surface area contributed by atoms with Crippen LogP contribution in [0.25, 0.3) is 0 Å². The molecule has 1 saturated heterocycles. The van der Waals surface area contributed by atoms with E-state index in [9.17, 15) is 4.79 Å². The molecule has 104 valence electrons. The van der Waals surface area contributed by atoms with Gasteiger partial charge in [0.15, 0.2) is 0 Å². The lowest BCUT2D eigenvalue weighted by molar-refractivity contribution is 0.0783. The minimum Gasteiger partial charge on any atom is -0.370 e. The number of carbonyl (C=O) groups is 1. The highest BCUT2D eigenvalue weighted by molar-refractivity contribution is 5.98. The molecule has 0 bridgehead atoms. The number of aromatic nitrogens is 1. The van der Waals surface area contributed by atoms with Crippen molar-refractivity contribution in [3.8, 4) is 0 Å². The van der Waals surface area contributed by atoms with Gasteiger partial charge in [-0.25, -0.2) is 4.98 Å². The largest absolute Gasteiger partial charge is 0.370 e. The number of amides is 1. The maximum atomic E-state index is 12.5. The fraction of sp³-hybridized carbons (Fsp3) is 0.571. The predicted octanol–water partition coefficient (Wildman–Crippen LogP) is 1.29. The van der Waals surface area contributed by atoms with E-state index < -0.39 is 0 Å². The molecule has 0 aromatic carbocycles. The van der Waals surface area contributed by atoms with Crippen LogP contribution < -0.4 is 5.32 Å². The Morgan fingerprint density at radius 1 is 1.58 bits per heavy atom. The minimum atomic E-state index is 0.0772. The van der Waals surface area contributed by atoms with Crippen molar-refractivity contribution in [1.29, 1.82) is 0 Å². The molecule has 19 heavy (non-hydrogen) atoms. The zero-order chi connectivity index (χ0) is 13.8. The fourth-order valence-corrected chi connectivity index (χ4v) is 2.40. The molecular formula is C14H22N4O. The highest BCUT2D eigenvalue weighted by Gasteiger charge is 2.29. The van der Waals surface area contributed by atoms with Gasteiger partial charge in [0.05, 0.1) is 5.56 Å². The first-order valence-electron chi connectivity index (χ1n) is 6.78. The van der Waals surface area contributed by atoms with E-state index in [4.69, 9.17) is 0 Å². The summed E-state index contributed by atoms with van der Waals surface area (Å²) < 4.78 is 0. The Hall–Kier alpha value is -1.62. The van der Waals surface area contributed by atoms with Crippen LogP contribution >= 0.6 is 0 Å². The van der Waals surface area contributed by atoms with Crippen molar-refractivity contribution in [2.24, 2.45) is 0 Å². The number of carbonyl (C=O) groups excluding carboxylic acids is 1. The molecule has 1 amide bonds. The van der Waals surface area contributed by atoms with Gasteiger partial charge in [0.25, 0.3) is 5.91 Å². The van der Waals surface area contributed by atoms with E-state index in [1.54, 1.807) is 6.20 Å². The molecule has 0 aliphatic carbocycles. The molecule has 1 N–H and O–H groups in total.